The van der Waals surface area contributed by atoms with Gasteiger partial charge in [0.15, 0.2) is 0 Å². The molecule has 0 bridgehead atoms. The Hall–Kier alpha value is -1.59. The quantitative estimate of drug-likeness (QED) is 0.785. The van der Waals surface area contributed by atoms with E-state index < -0.39 is 0 Å². The van der Waals surface area contributed by atoms with E-state index in [1.807, 2.05) is 30.3 Å². The van der Waals surface area contributed by atoms with Gasteiger partial charge in [0.2, 0.25) is 5.91 Å². The number of hydrogen-bond donors (Lipinski definition) is 2. The Kier molecular flexibility index (Phi) is 7.72. The third-order valence-corrected chi connectivity index (χ3v) is 5.06. The van der Waals surface area contributed by atoms with E-state index in [1.54, 1.807) is 0 Å². The van der Waals surface area contributed by atoms with Crippen molar-refractivity contribution in [1.82, 2.24) is 10.6 Å². The first-order valence-corrected chi connectivity index (χ1v) is 8.94. The molecule has 1 heterocycles. The lowest BCUT2D eigenvalue weighted by Gasteiger charge is -2.28. The molecular weight excluding hydrogens is 340 g/mol. The van der Waals surface area contributed by atoms with E-state index in [1.165, 1.54) is 0 Å². The topological polar surface area (TPSA) is 67.4 Å². The van der Waals surface area contributed by atoms with Crippen molar-refractivity contribution < 1.29 is 14.3 Å². The van der Waals surface area contributed by atoms with Crippen molar-refractivity contribution >= 4 is 24.3 Å². The van der Waals surface area contributed by atoms with Crippen molar-refractivity contribution in [3.63, 3.8) is 0 Å². The molecule has 1 saturated heterocycles. The molecule has 2 N–H and O–H groups in total. The molecule has 1 amide bonds. The molecule has 1 aliphatic carbocycles. The number of esters is 1. The van der Waals surface area contributed by atoms with Crippen molar-refractivity contribution in [1.29, 1.82) is 0 Å². The molecule has 6 heteroatoms. The minimum atomic E-state index is -0.108. The molecule has 0 spiro atoms. The molecule has 1 aromatic carbocycles. The minimum absolute atomic E-state index is 0. The lowest BCUT2D eigenvalue weighted by Crippen LogP contribution is -2.42. The van der Waals surface area contributed by atoms with E-state index >= 15 is 0 Å². The Labute approximate surface area is 155 Å². The summed E-state index contributed by atoms with van der Waals surface area (Å²) < 4.78 is 5.43. The molecule has 25 heavy (non-hydrogen) atoms. The van der Waals surface area contributed by atoms with Crippen molar-refractivity contribution in [2.24, 2.45) is 11.8 Å². The van der Waals surface area contributed by atoms with Crippen LogP contribution in [-0.4, -0.2) is 31.0 Å². The van der Waals surface area contributed by atoms with Crippen molar-refractivity contribution in [3.8, 4) is 0 Å². The lowest BCUT2D eigenvalue weighted by atomic mass is 9.86. The number of carbonyl (C=O) groups is 2. The molecule has 1 aromatic rings. The zero-order chi connectivity index (χ0) is 16.8. The summed E-state index contributed by atoms with van der Waals surface area (Å²) in [5, 5.41) is 6.37. The molecule has 0 radical (unpaired) electrons. The van der Waals surface area contributed by atoms with Crippen molar-refractivity contribution in [3.05, 3.63) is 35.9 Å². The number of benzene rings is 1. The van der Waals surface area contributed by atoms with Crippen LogP contribution >= 0.6 is 12.4 Å². The zero-order valence-corrected chi connectivity index (χ0v) is 15.2. The van der Waals surface area contributed by atoms with Crippen LogP contribution in [0.3, 0.4) is 0 Å². The predicted octanol–water partition coefficient (Wildman–Crippen LogP) is 2.44. The van der Waals surface area contributed by atoms with Crippen LogP contribution in [0.2, 0.25) is 0 Å². The predicted molar refractivity (Wildman–Crippen MR) is 98.4 cm³/mol. The smallest absolute Gasteiger partial charge is 0.309 e. The molecule has 1 aliphatic heterocycles. The molecule has 2 fully saturated rings. The van der Waals surface area contributed by atoms with Crippen LogP contribution < -0.4 is 10.6 Å². The fraction of sp³-hybridized carbons (Fsp3) is 0.579. The summed E-state index contributed by atoms with van der Waals surface area (Å²) in [5.74, 6) is 0.132. The first-order chi connectivity index (χ1) is 11.7. The second-order valence-corrected chi connectivity index (χ2v) is 6.84. The summed E-state index contributed by atoms with van der Waals surface area (Å²) in [7, 11) is 0. The Balaban J connectivity index is 0.00000225. The maximum atomic E-state index is 12.2. The Morgan fingerprint density at radius 2 is 1.76 bits per heavy atom. The lowest BCUT2D eigenvalue weighted by molar-refractivity contribution is -0.151. The van der Waals surface area contributed by atoms with Gasteiger partial charge in [-0.1, -0.05) is 30.3 Å². The number of amides is 1. The Morgan fingerprint density at radius 3 is 2.40 bits per heavy atom. The molecule has 0 unspecified atom stereocenters. The van der Waals surface area contributed by atoms with E-state index in [0.29, 0.717) is 6.61 Å². The number of carbonyl (C=O) groups excluding carboxylic acids is 2. The number of hydrogen-bond acceptors (Lipinski definition) is 4. The van der Waals surface area contributed by atoms with Crippen LogP contribution in [0.5, 0.6) is 0 Å². The summed E-state index contributed by atoms with van der Waals surface area (Å²) in [4.78, 5) is 24.3. The van der Waals surface area contributed by atoms with Crippen LogP contribution in [0.1, 0.15) is 37.7 Å². The highest BCUT2D eigenvalue weighted by atomic mass is 35.5. The van der Waals surface area contributed by atoms with Gasteiger partial charge in [-0.2, -0.15) is 0 Å². The molecule has 2 aliphatic rings. The molecule has 0 aromatic heterocycles. The molecular formula is C19H27ClN2O3. The third-order valence-electron chi connectivity index (χ3n) is 5.06. The van der Waals surface area contributed by atoms with Crippen LogP contribution in [0.25, 0.3) is 0 Å². The number of rotatable bonds is 5. The maximum absolute atomic E-state index is 12.2. The number of nitrogens with one attached hydrogen (secondary N) is 2. The first kappa shape index (κ1) is 19.7. The molecule has 1 saturated carbocycles. The van der Waals surface area contributed by atoms with Crippen molar-refractivity contribution in [2.75, 3.05) is 13.1 Å². The SMILES string of the molecule is Cl.O=C(OCc1ccccc1)C1CCC(NC(=O)[C@H]2CCNC2)CC1. The zero-order valence-electron chi connectivity index (χ0n) is 14.4. The average Bonchev–Trinajstić information content (AvgIpc) is 3.16. The van der Waals surface area contributed by atoms with Crippen molar-refractivity contribution in [2.45, 2.75) is 44.8 Å². The molecule has 138 valence electrons. The van der Waals surface area contributed by atoms with Crippen LogP contribution in [0, 0.1) is 11.8 Å². The molecule has 1 atom stereocenters. The van der Waals surface area contributed by atoms with E-state index in [-0.39, 0.29) is 42.2 Å². The van der Waals surface area contributed by atoms with Crippen LogP contribution in [0.4, 0.5) is 0 Å². The van der Waals surface area contributed by atoms with Crippen LogP contribution in [0.15, 0.2) is 30.3 Å². The summed E-state index contributed by atoms with van der Waals surface area (Å²) in [5.41, 5.74) is 1.01. The van der Waals surface area contributed by atoms with E-state index in [2.05, 4.69) is 10.6 Å². The van der Waals surface area contributed by atoms with Gasteiger partial charge in [-0.25, -0.2) is 0 Å². The second-order valence-electron chi connectivity index (χ2n) is 6.84. The van der Waals surface area contributed by atoms with Gasteiger partial charge in [0.05, 0.1) is 11.8 Å². The van der Waals surface area contributed by atoms with Crippen LogP contribution in [-0.2, 0) is 20.9 Å². The molecule has 5 nitrogen and oxygen atoms in total. The van der Waals surface area contributed by atoms with Gasteiger partial charge in [-0.3, -0.25) is 9.59 Å². The van der Waals surface area contributed by atoms with Gasteiger partial charge in [0.25, 0.3) is 0 Å². The summed E-state index contributed by atoms with van der Waals surface area (Å²) in [6, 6.07) is 9.95. The van der Waals surface area contributed by atoms with Gasteiger partial charge < -0.3 is 15.4 Å². The second kappa shape index (κ2) is 9.78. The van der Waals surface area contributed by atoms with E-state index in [4.69, 9.17) is 4.74 Å². The summed E-state index contributed by atoms with van der Waals surface area (Å²) in [6.07, 6.45) is 4.23. The van der Waals surface area contributed by atoms with Gasteiger partial charge in [0.1, 0.15) is 6.61 Å². The normalized spacial score (nSPS) is 25.7. The van der Waals surface area contributed by atoms with Gasteiger partial charge in [-0.15, -0.1) is 12.4 Å². The Bertz CT molecular complexity index is 553. The third kappa shape index (κ3) is 5.72. The minimum Gasteiger partial charge on any atom is -0.461 e. The van der Waals surface area contributed by atoms with Gasteiger partial charge >= 0.3 is 5.97 Å². The highest BCUT2D eigenvalue weighted by molar-refractivity contribution is 5.85. The fourth-order valence-electron chi connectivity index (χ4n) is 3.52. The average molecular weight is 367 g/mol. The summed E-state index contributed by atoms with van der Waals surface area (Å²) >= 11 is 0. The van der Waals surface area contributed by atoms with Gasteiger partial charge in [0, 0.05) is 12.6 Å². The molecule has 3 rings (SSSR count). The van der Waals surface area contributed by atoms with E-state index in [9.17, 15) is 9.59 Å². The first-order valence-electron chi connectivity index (χ1n) is 8.94. The number of halogens is 1. The van der Waals surface area contributed by atoms with Gasteiger partial charge in [-0.05, 0) is 44.2 Å². The standard InChI is InChI=1S/C19H26N2O3.ClH/c22-18(16-10-11-20-12-16)21-17-8-6-15(7-9-17)19(23)24-13-14-4-2-1-3-5-14;/h1-5,15-17,20H,6-13H2,(H,21,22);1H/t15?,16-,17?;/m0./s1. The fourth-order valence-corrected chi connectivity index (χ4v) is 3.52. The van der Waals surface area contributed by atoms with E-state index in [0.717, 1.165) is 50.8 Å². The number of ether oxygens (including phenoxy) is 1. The monoisotopic (exact) mass is 366 g/mol. The Morgan fingerprint density at radius 1 is 1.04 bits per heavy atom. The summed E-state index contributed by atoms with van der Waals surface area (Å²) in [6.45, 7) is 2.05. The largest absolute Gasteiger partial charge is 0.461 e. The highest BCUT2D eigenvalue weighted by Crippen LogP contribution is 2.26. The maximum Gasteiger partial charge on any atom is 0.309 e. The highest BCUT2D eigenvalue weighted by Gasteiger charge is 2.30.